The van der Waals surface area contributed by atoms with Gasteiger partial charge in [-0.3, -0.25) is 9.78 Å². The summed E-state index contributed by atoms with van der Waals surface area (Å²) in [5, 5.41) is 0. The van der Waals surface area contributed by atoms with E-state index in [1.54, 1.807) is 13.8 Å². The van der Waals surface area contributed by atoms with Gasteiger partial charge in [-0.15, -0.1) is 0 Å². The molecular weight excluding hydrogens is 263 g/mol. The first-order chi connectivity index (χ1) is 8.91. The summed E-state index contributed by atoms with van der Waals surface area (Å²) in [5.74, 6) is -0.885. The van der Waals surface area contributed by atoms with Gasteiger partial charge >= 0.3 is 6.18 Å². The summed E-state index contributed by atoms with van der Waals surface area (Å²) < 4.78 is 48.3. The zero-order valence-electron chi connectivity index (χ0n) is 10.5. The van der Waals surface area contributed by atoms with Gasteiger partial charge in [0.1, 0.15) is 0 Å². The molecule has 0 unspecified atom stereocenters. The van der Waals surface area contributed by atoms with Gasteiger partial charge in [-0.1, -0.05) is 0 Å². The van der Waals surface area contributed by atoms with E-state index in [0.29, 0.717) is 0 Å². The highest BCUT2D eigenvalue weighted by Crippen LogP contribution is 2.32. The van der Waals surface area contributed by atoms with Gasteiger partial charge < -0.3 is 9.47 Å². The molecule has 0 spiro atoms. The fourth-order valence-corrected chi connectivity index (χ4v) is 1.47. The van der Waals surface area contributed by atoms with Crippen LogP contribution in [-0.2, 0) is 15.7 Å². The number of pyridine rings is 1. The standard InChI is InChI=1S/C12H14F3NO3/c1-3-18-11(19-4-2)10(17)8-7-16-6-5-9(8)12(13,14)15/h5-7,11H,3-4H2,1-2H3. The van der Waals surface area contributed by atoms with Gasteiger partial charge in [-0.05, 0) is 19.9 Å². The van der Waals surface area contributed by atoms with Crippen molar-refractivity contribution in [2.45, 2.75) is 26.3 Å². The van der Waals surface area contributed by atoms with Crippen molar-refractivity contribution < 1.29 is 27.4 Å². The Morgan fingerprint density at radius 1 is 1.32 bits per heavy atom. The lowest BCUT2D eigenvalue weighted by Gasteiger charge is -2.18. The van der Waals surface area contributed by atoms with Crippen LogP contribution >= 0.6 is 0 Å². The van der Waals surface area contributed by atoms with Gasteiger partial charge in [0.15, 0.2) is 0 Å². The van der Waals surface area contributed by atoms with E-state index in [0.717, 1.165) is 18.5 Å². The third-order valence-electron chi connectivity index (χ3n) is 2.24. The average Bonchev–Trinajstić information content (AvgIpc) is 2.37. The Balaban J connectivity index is 3.11. The summed E-state index contributed by atoms with van der Waals surface area (Å²) in [5.41, 5.74) is -1.60. The predicted molar refractivity (Wildman–Crippen MR) is 60.6 cm³/mol. The molecule has 0 saturated heterocycles. The highest BCUT2D eigenvalue weighted by Gasteiger charge is 2.37. The molecule has 1 rings (SSSR count). The summed E-state index contributed by atoms with van der Waals surface area (Å²) in [7, 11) is 0. The highest BCUT2D eigenvalue weighted by molar-refractivity contribution is 5.99. The van der Waals surface area contributed by atoms with Crippen molar-refractivity contribution in [1.82, 2.24) is 4.98 Å². The van der Waals surface area contributed by atoms with Crippen LogP contribution in [0.1, 0.15) is 29.8 Å². The predicted octanol–water partition coefficient (Wildman–Crippen LogP) is 2.68. The number of hydrogen-bond acceptors (Lipinski definition) is 4. The first kappa shape index (κ1) is 15.6. The molecule has 0 aliphatic carbocycles. The zero-order chi connectivity index (χ0) is 14.5. The Morgan fingerprint density at radius 3 is 2.37 bits per heavy atom. The second kappa shape index (κ2) is 6.63. The van der Waals surface area contributed by atoms with Gasteiger partial charge in [0.2, 0.25) is 12.1 Å². The molecule has 0 fully saturated rings. The van der Waals surface area contributed by atoms with Gasteiger partial charge in [0.05, 0.1) is 11.1 Å². The molecule has 0 bridgehead atoms. The van der Waals surface area contributed by atoms with E-state index in [4.69, 9.17) is 9.47 Å². The van der Waals surface area contributed by atoms with Crippen molar-refractivity contribution in [3.8, 4) is 0 Å². The summed E-state index contributed by atoms with van der Waals surface area (Å²) in [4.78, 5) is 15.6. The molecule has 0 aliphatic heterocycles. The molecule has 0 aromatic carbocycles. The second-order valence-electron chi connectivity index (χ2n) is 3.53. The van der Waals surface area contributed by atoms with E-state index in [-0.39, 0.29) is 13.2 Å². The maximum Gasteiger partial charge on any atom is 0.417 e. The normalized spacial score (nSPS) is 11.9. The maximum atomic E-state index is 12.8. The van der Waals surface area contributed by atoms with Gasteiger partial charge in [-0.2, -0.15) is 13.2 Å². The third kappa shape index (κ3) is 4.00. The van der Waals surface area contributed by atoms with Crippen LogP contribution < -0.4 is 0 Å². The Kier molecular flexibility index (Phi) is 5.44. The summed E-state index contributed by atoms with van der Waals surface area (Å²) in [6, 6.07) is 0.752. The van der Waals surface area contributed by atoms with Crippen molar-refractivity contribution in [3.05, 3.63) is 29.6 Å². The molecule has 1 heterocycles. The second-order valence-corrected chi connectivity index (χ2v) is 3.53. The molecule has 19 heavy (non-hydrogen) atoms. The molecule has 1 aromatic heterocycles. The third-order valence-corrected chi connectivity index (χ3v) is 2.24. The minimum Gasteiger partial charge on any atom is -0.346 e. The lowest BCUT2D eigenvalue weighted by Crippen LogP contribution is -2.29. The number of rotatable bonds is 6. The maximum absolute atomic E-state index is 12.8. The molecule has 0 atom stereocenters. The molecule has 0 aliphatic rings. The number of ketones is 1. The first-order valence-corrected chi connectivity index (χ1v) is 5.70. The largest absolute Gasteiger partial charge is 0.417 e. The van der Waals surface area contributed by atoms with E-state index in [1.165, 1.54) is 0 Å². The van der Waals surface area contributed by atoms with Crippen LogP contribution in [-0.4, -0.2) is 30.3 Å². The van der Waals surface area contributed by atoms with Crippen molar-refractivity contribution in [2.75, 3.05) is 13.2 Å². The Labute approximate surface area is 108 Å². The van der Waals surface area contributed by atoms with Crippen molar-refractivity contribution in [3.63, 3.8) is 0 Å². The quantitative estimate of drug-likeness (QED) is 0.592. The lowest BCUT2D eigenvalue weighted by molar-refractivity contribution is -0.138. The van der Waals surface area contributed by atoms with E-state index in [9.17, 15) is 18.0 Å². The molecule has 0 N–H and O–H groups in total. The fourth-order valence-electron chi connectivity index (χ4n) is 1.47. The number of alkyl halides is 3. The molecular formula is C12H14F3NO3. The minimum atomic E-state index is -4.63. The van der Waals surface area contributed by atoms with Crippen LogP contribution in [0.3, 0.4) is 0 Å². The molecule has 0 amide bonds. The number of carbonyl (C=O) groups is 1. The van der Waals surface area contributed by atoms with Crippen LogP contribution in [0.5, 0.6) is 0 Å². The number of aromatic nitrogens is 1. The molecule has 1 aromatic rings. The number of hydrogen-bond donors (Lipinski definition) is 0. The van der Waals surface area contributed by atoms with Gasteiger partial charge in [0, 0.05) is 25.6 Å². The van der Waals surface area contributed by atoms with Gasteiger partial charge in [0.25, 0.3) is 0 Å². The summed E-state index contributed by atoms with van der Waals surface area (Å²) in [6.07, 6.45) is -4.12. The number of halogens is 3. The van der Waals surface area contributed by atoms with E-state index < -0.39 is 29.4 Å². The summed E-state index contributed by atoms with van der Waals surface area (Å²) >= 11 is 0. The van der Waals surface area contributed by atoms with E-state index in [1.807, 2.05) is 0 Å². The molecule has 7 heteroatoms. The minimum absolute atomic E-state index is 0.151. The average molecular weight is 277 g/mol. The monoisotopic (exact) mass is 277 g/mol. The van der Waals surface area contributed by atoms with Crippen molar-refractivity contribution in [2.24, 2.45) is 0 Å². The van der Waals surface area contributed by atoms with Crippen LogP contribution in [0.15, 0.2) is 18.5 Å². The van der Waals surface area contributed by atoms with Crippen molar-refractivity contribution in [1.29, 1.82) is 0 Å². The first-order valence-electron chi connectivity index (χ1n) is 5.70. The van der Waals surface area contributed by atoms with Crippen LogP contribution in [0, 0.1) is 0 Å². The van der Waals surface area contributed by atoms with E-state index in [2.05, 4.69) is 4.98 Å². The van der Waals surface area contributed by atoms with Gasteiger partial charge in [-0.25, -0.2) is 0 Å². The Morgan fingerprint density at radius 2 is 1.89 bits per heavy atom. The molecule has 0 saturated carbocycles. The molecule has 106 valence electrons. The number of ether oxygens (including phenoxy) is 2. The Bertz CT molecular complexity index is 428. The number of nitrogens with zero attached hydrogens (tertiary/aromatic N) is 1. The number of carbonyl (C=O) groups excluding carboxylic acids is 1. The SMILES string of the molecule is CCOC(OCC)C(=O)c1cnccc1C(F)(F)F. The summed E-state index contributed by atoms with van der Waals surface area (Å²) in [6.45, 7) is 3.54. The highest BCUT2D eigenvalue weighted by atomic mass is 19.4. The fraction of sp³-hybridized carbons (Fsp3) is 0.500. The van der Waals surface area contributed by atoms with Crippen LogP contribution in [0.25, 0.3) is 0 Å². The van der Waals surface area contributed by atoms with Crippen molar-refractivity contribution >= 4 is 5.78 Å². The molecule has 4 nitrogen and oxygen atoms in total. The zero-order valence-corrected chi connectivity index (χ0v) is 10.5. The topological polar surface area (TPSA) is 48.4 Å². The Hall–Kier alpha value is -1.47. The lowest BCUT2D eigenvalue weighted by atomic mass is 10.1. The van der Waals surface area contributed by atoms with Crippen LogP contribution in [0.2, 0.25) is 0 Å². The number of Topliss-reactive ketones (excluding diaryl/α,β-unsaturated/α-hetero) is 1. The smallest absolute Gasteiger partial charge is 0.346 e. The van der Waals surface area contributed by atoms with Crippen LogP contribution in [0.4, 0.5) is 13.2 Å². The van der Waals surface area contributed by atoms with E-state index >= 15 is 0 Å². The molecule has 0 radical (unpaired) electrons.